The Labute approximate surface area is 342 Å². The monoisotopic (exact) mass is 783 g/mol. The maximum absolute atomic E-state index is 14.6. The van der Waals surface area contributed by atoms with Gasteiger partial charge >= 0.3 is 0 Å². The molecule has 0 aliphatic carbocycles. The molecular formula is C47H57N7O4. The second kappa shape index (κ2) is 17.6. The summed E-state index contributed by atoms with van der Waals surface area (Å²) in [4.78, 5) is 34.9. The Kier molecular flexibility index (Phi) is 12.4. The lowest BCUT2D eigenvalue weighted by Gasteiger charge is -2.39. The third-order valence-electron chi connectivity index (χ3n) is 12.1. The summed E-state index contributed by atoms with van der Waals surface area (Å²) in [6.45, 7) is 10.8. The molecule has 2 saturated heterocycles. The number of aliphatic hydroxyl groups excluding tert-OH is 1. The van der Waals surface area contributed by atoms with Crippen LogP contribution in [0.25, 0.3) is 0 Å². The average molecular weight is 784 g/mol. The highest BCUT2D eigenvalue weighted by atomic mass is 16.3. The van der Waals surface area contributed by atoms with Crippen LogP contribution in [0.15, 0.2) is 121 Å². The van der Waals surface area contributed by atoms with Crippen LogP contribution >= 0.6 is 0 Å². The minimum atomic E-state index is -1.86. The van der Waals surface area contributed by atoms with Crippen LogP contribution < -0.4 is 20.0 Å². The first-order valence-electron chi connectivity index (χ1n) is 20.6. The van der Waals surface area contributed by atoms with Crippen molar-refractivity contribution in [2.75, 3.05) is 47.6 Å². The number of hydrogen-bond donors (Lipinski definition) is 3. The maximum Gasteiger partial charge on any atom is 0.264 e. The molecule has 3 aliphatic heterocycles. The molecule has 0 saturated carbocycles. The molecule has 0 radical (unpaired) electrons. The first-order valence-corrected chi connectivity index (χ1v) is 20.6. The number of amides is 2. The van der Waals surface area contributed by atoms with Gasteiger partial charge in [0.25, 0.3) is 11.8 Å². The van der Waals surface area contributed by atoms with Crippen molar-refractivity contribution in [1.82, 2.24) is 20.3 Å². The molecule has 1 spiro atoms. The van der Waals surface area contributed by atoms with Crippen molar-refractivity contribution < 1.29 is 19.8 Å². The summed E-state index contributed by atoms with van der Waals surface area (Å²) < 4.78 is 1.75. The van der Waals surface area contributed by atoms with Gasteiger partial charge in [-0.2, -0.15) is 0 Å². The fourth-order valence-electron chi connectivity index (χ4n) is 8.67. The van der Waals surface area contributed by atoms with Gasteiger partial charge < -0.3 is 25.3 Å². The molecule has 1 aromatic heterocycles. The number of allylic oxidation sites excluding steroid dienone is 4. The molecule has 4 heterocycles. The van der Waals surface area contributed by atoms with Crippen molar-refractivity contribution in [3.8, 4) is 0 Å². The molecule has 0 bridgehead atoms. The highest BCUT2D eigenvalue weighted by molar-refractivity contribution is 6.10. The number of anilines is 3. The van der Waals surface area contributed by atoms with Crippen molar-refractivity contribution >= 4 is 28.9 Å². The summed E-state index contributed by atoms with van der Waals surface area (Å²) in [5, 5.41) is 34.9. The minimum Gasteiger partial charge on any atom is -0.395 e. The summed E-state index contributed by atoms with van der Waals surface area (Å²) in [5.74, 6) is -1.19. The largest absolute Gasteiger partial charge is 0.395 e. The molecule has 11 heteroatoms. The third-order valence-corrected chi connectivity index (χ3v) is 12.1. The van der Waals surface area contributed by atoms with E-state index in [1.54, 1.807) is 9.58 Å². The zero-order valence-electron chi connectivity index (χ0n) is 34.2. The van der Waals surface area contributed by atoms with Gasteiger partial charge in [-0.15, -0.1) is 5.10 Å². The topological polar surface area (TPSA) is 127 Å². The van der Waals surface area contributed by atoms with Gasteiger partial charge in [-0.1, -0.05) is 96.1 Å². The van der Waals surface area contributed by atoms with Gasteiger partial charge in [-0.05, 0) is 102 Å². The predicted molar refractivity (Wildman–Crippen MR) is 230 cm³/mol. The smallest absolute Gasteiger partial charge is 0.264 e. The average Bonchev–Trinajstić information content (AvgIpc) is 3.88. The molecule has 58 heavy (non-hydrogen) atoms. The van der Waals surface area contributed by atoms with E-state index in [0.717, 1.165) is 37.2 Å². The number of fused-ring (bicyclic) bond motifs is 1. The van der Waals surface area contributed by atoms with Crippen LogP contribution in [0.5, 0.6) is 0 Å². The second-order valence-corrected chi connectivity index (χ2v) is 16.2. The van der Waals surface area contributed by atoms with E-state index >= 15 is 0 Å². The standard InChI is InChI=1S/C47H57N7O4/c1-34(2)14-13-15-35(3)23-29-52-43-22-21-39(53-33-54(38-19-9-6-10-20-38)46(44(53)56)24-26-48-27-25-46)30-41(43)47(58,45(52)57)36(4)16-11-12-28-51-31-42(49-50-51)40(32-55)37-17-7-5-8-18-37/h5-11,14,16-23,30-31,36,40,48,55,58H,12-13,15,24-29,32-33H2,1-4H3/b16-11+,35-23+/t36-,40?,47+/m1/s1. The van der Waals surface area contributed by atoms with Crippen LogP contribution in [0.4, 0.5) is 17.1 Å². The number of carbonyl (C=O) groups is 2. The van der Waals surface area contributed by atoms with Crippen molar-refractivity contribution in [3.05, 3.63) is 137 Å². The Morgan fingerprint density at radius 2 is 1.64 bits per heavy atom. The first-order chi connectivity index (χ1) is 28.1. The molecular weight excluding hydrogens is 727 g/mol. The molecule has 3 N–H and O–H groups in total. The molecule has 304 valence electrons. The summed E-state index contributed by atoms with van der Waals surface area (Å²) in [6, 6.07) is 25.5. The van der Waals surface area contributed by atoms with E-state index in [1.165, 1.54) is 11.1 Å². The number of benzene rings is 3. The van der Waals surface area contributed by atoms with Crippen molar-refractivity contribution in [2.45, 2.75) is 83.4 Å². The van der Waals surface area contributed by atoms with E-state index in [4.69, 9.17) is 0 Å². The highest BCUT2D eigenvalue weighted by Gasteiger charge is 2.55. The lowest BCUT2D eigenvalue weighted by Crippen LogP contribution is -2.55. The fourth-order valence-corrected chi connectivity index (χ4v) is 8.67. The molecule has 4 aromatic rings. The van der Waals surface area contributed by atoms with E-state index in [1.807, 2.05) is 96.9 Å². The first kappa shape index (κ1) is 40.8. The number of para-hydroxylation sites is 1. The van der Waals surface area contributed by atoms with Gasteiger partial charge in [0.2, 0.25) is 0 Å². The normalized spacial score (nSPS) is 20.3. The second-order valence-electron chi connectivity index (χ2n) is 16.2. The Hall–Kier alpha value is -5.36. The molecule has 3 atom stereocenters. The van der Waals surface area contributed by atoms with Gasteiger partial charge in [0.05, 0.1) is 30.6 Å². The summed E-state index contributed by atoms with van der Waals surface area (Å²) in [5.41, 5.74) is 4.40. The van der Waals surface area contributed by atoms with Gasteiger partial charge in [-0.25, -0.2) is 0 Å². The van der Waals surface area contributed by atoms with Gasteiger partial charge in [0.1, 0.15) is 5.54 Å². The molecule has 2 fully saturated rings. The number of aliphatic hydroxyl groups is 2. The van der Waals surface area contributed by atoms with Crippen LogP contribution in [0.1, 0.15) is 82.5 Å². The summed E-state index contributed by atoms with van der Waals surface area (Å²) in [6.07, 6.45) is 13.8. The van der Waals surface area contributed by atoms with Crippen LogP contribution in [0.3, 0.4) is 0 Å². The van der Waals surface area contributed by atoms with Crippen molar-refractivity contribution in [1.29, 1.82) is 0 Å². The molecule has 2 amide bonds. The number of aryl methyl sites for hydroxylation is 1. The van der Waals surface area contributed by atoms with E-state index in [2.05, 4.69) is 65.6 Å². The zero-order chi connectivity index (χ0) is 40.9. The number of rotatable bonds is 15. The van der Waals surface area contributed by atoms with Gasteiger partial charge in [0.15, 0.2) is 5.60 Å². The van der Waals surface area contributed by atoms with E-state index in [0.29, 0.717) is 61.7 Å². The van der Waals surface area contributed by atoms with Crippen LogP contribution in [-0.2, 0) is 21.7 Å². The Balaban J connectivity index is 1.15. The molecule has 11 nitrogen and oxygen atoms in total. The summed E-state index contributed by atoms with van der Waals surface area (Å²) in [7, 11) is 0. The number of aromatic nitrogens is 3. The quantitative estimate of drug-likeness (QED) is 0.112. The SMILES string of the molecule is CC(C)=CCC/C(C)=C/CN1C(=O)[C@](O)([C@H](C)/C=C/CCn2cc(C(CO)c3ccccc3)nn2)c2cc(N3CN(c4ccccc4)C4(CCNCC4)C3=O)ccc21. The number of nitrogens with one attached hydrogen (secondary N) is 1. The van der Waals surface area contributed by atoms with Crippen LogP contribution in [0.2, 0.25) is 0 Å². The van der Waals surface area contributed by atoms with Gasteiger partial charge in [0, 0.05) is 42.1 Å². The molecule has 3 aromatic carbocycles. The lowest BCUT2D eigenvalue weighted by atomic mass is 9.82. The number of carbonyl (C=O) groups excluding carboxylic acids is 2. The third kappa shape index (κ3) is 8.03. The van der Waals surface area contributed by atoms with E-state index in [-0.39, 0.29) is 24.3 Å². The van der Waals surface area contributed by atoms with E-state index in [9.17, 15) is 19.8 Å². The Morgan fingerprint density at radius 1 is 0.914 bits per heavy atom. The molecule has 1 unspecified atom stereocenters. The zero-order valence-corrected chi connectivity index (χ0v) is 34.2. The Morgan fingerprint density at radius 3 is 2.34 bits per heavy atom. The number of piperidine rings is 1. The predicted octanol–water partition coefficient (Wildman–Crippen LogP) is 6.84. The van der Waals surface area contributed by atoms with Crippen molar-refractivity contribution in [2.24, 2.45) is 5.92 Å². The van der Waals surface area contributed by atoms with Gasteiger partial charge in [-0.3, -0.25) is 19.2 Å². The van der Waals surface area contributed by atoms with Crippen molar-refractivity contribution in [3.63, 3.8) is 0 Å². The highest BCUT2D eigenvalue weighted by Crippen LogP contribution is 2.48. The minimum absolute atomic E-state index is 0.0377. The number of hydrogen-bond acceptors (Lipinski definition) is 8. The lowest BCUT2D eigenvalue weighted by molar-refractivity contribution is -0.139. The summed E-state index contributed by atoms with van der Waals surface area (Å²) >= 11 is 0. The number of nitrogens with zero attached hydrogens (tertiary/aromatic N) is 6. The molecule has 7 rings (SSSR count). The molecule has 3 aliphatic rings. The Bertz CT molecular complexity index is 2150. The van der Waals surface area contributed by atoms with E-state index < -0.39 is 17.1 Å². The maximum atomic E-state index is 14.6. The fraction of sp³-hybridized carbons (Fsp3) is 0.404. The van der Waals surface area contributed by atoms with Crippen LogP contribution in [-0.4, -0.2) is 75.5 Å². The van der Waals surface area contributed by atoms with Crippen LogP contribution in [0, 0.1) is 5.92 Å².